The second-order valence-corrected chi connectivity index (χ2v) is 4.29. The van der Waals surface area contributed by atoms with Crippen LogP contribution in [0.15, 0.2) is 23.0 Å². The van der Waals surface area contributed by atoms with Crippen LogP contribution in [0.3, 0.4) is 0 Å². The zero-order valence-electron chi connectivity index (χ0n) is 9.64. The van der Waals surface area contributed by atoms with Crippen molar-refractivity contribution in [2.75, 3.05) is 0 Å². The maximum atomic E-state index is 12.2. The minimum Gasteiger partial charge on any atom is -0.296 e. The average molecular weight is 244 g/mol. The van der Waals surface area contributed by atoms with Gasteiger partial charge in [0.15, 0.2) is 0 Å². The maximum absolute atomic E-state index is 12.2. The highest BCUT2D eigenvalue weighted by Gasteiger charge is 2.16. The molecule has 6 heteroatoms. The molecule has 92 valence electrons. The molecule has 0 radical (unpaired) electrons. The summed E-state index contributed by atoms with van der Waals surface area (Å²) in [5, 5.41) is 0.536. The molecule has 3 N–H and O–H groups in total. The lowest BCUT2D eigenvalue weighted by Gasteiger charge is -2.06. The van der Waals surface area contributed by atoms with Gasteiger partial charge in [0, 0.05) is 18.5 Å². The van der Waals surface area contributed by atoms with Gasteiger partial charge < -0.3 is 0 Å². The summed E-state index contributed by atoms with van der Waals surface area (Å²) in [5.41, 5.74) is 2.98. The van der Waals surface area contributed by atoms with Gasteiger partial charge in [-0.3, -0.25) is 19.6 Å². The van der Waals surface area contributed by atoms with Crippen molar-refractivity contribution in [3.8, 4) is 0 Å². The molecule has 1 aromatic carbocycles. The van der Waals surface area contributed by atoms with E-state index in [4.69, 9.17) is 5.84 Å². The molecule has 2 heterocycles. The number of fused-ring (bicyclic) bond motifs is 2. The molecule has 0 unspecified atom stereocenters. The molecular formula is C12H12N4O2. The summed E-state index contributed by atoms with van der Waals surface area (Å²) in [5.74, 6) is 5.48. The second-order valence-electron chi connectivity index (χ2n) is 4.29. The van der Waals surface area contributed by atoms with Crippen molar-refractivity contribution in [1.82, 2.24) is 15.0 Å². The standard InChI is InChI=1S/C12H12N4O2/c13-15-11(17)7-3-4-8-9(6-7)14-10-2-1-5-16(10)12(8)18/h3-4,6H,1-2,5,13H2,(H,15,17). The summed E-state index contributed by atoms with van der Waals surface area (Å²) < 4.78 is 1.70. The second kappa shape index (κ2) is 3.92. The fraction of sp³-hybridized carbons (Fsp3) is 0.250. The van der Waals surface area contributed by atoms with Crippen molar-refractivity contribution in [2.24, 2.45) is 5.84 Å². The van der Waals surface area contributed by atoms with Gasteiger partial charge in [-0.15, -0.1) is 0 Å². The number of aryl methyl sites for hydroxylation is 1. The monoisotopic (exact) mass is 244 g/mol. The molecule has 1 aliphatic heterocycles. The Labute approximate surface area is 102 Å². The molecule has 0 saturated heterocycles. The molecule has 2 aromatic rings. The van der Waals surface area contributed by atoms with Gasteiger partial charge in [-0.05, 0) is 24.6 Å². The number of hydrazine groups is 1. The molecular weight excluding hydrogens is 232 g/mol. The van der Waals surface area contributed by atoms with Gasteiger partial charge in [0.05, 0.1) is 10.9 Å². The Morgan fingerprint density at radius 3 is 3.06 bits per heavy atom. The normalized spacial score (nSPS) is 13.6. The first kappa shape index (κ1) is 10.9. The largest absolute Gasteiger partial charge is 0.296 e. The Bertz CT molecular complexity index is 705. The fourth-order valence-electron chi connectivity index (χ4n) is 2.31. The molecule has 1 amide bonds. The summed E-state index contributed by atoms with van der Waals surface area (Å²) >= 11 is 0. The number of nitrogens with one attached hydrogen (secondary N) is 1. The van der Waals surface area contributed by atoms with Crippen LogP contribution < -0.4 is 16.8 Å². The van der Waals surface area contributed by atoms with Crippen LogP contribution in [-0.2, 0) is 13.0 Å². The van der Waals surface area contributed by atoms with Crippen LogP contribution in [0.1, 0.15) is 22.6 Å². The van der Waals surface area contributed by atoms with E-state index in [1.54, 1.807) is 22.8 Å². The summed E-state index contributed by atoms with van der Waals surface area (Å²) in [6.45, 7) is 0.724. The van der Waals surface area contributed by atoms with E-state index in [-0.39, 0.29) is 11.5 Å². The van der Waals surface area contributed by atoms with Gasteiger partial charge in [0.2, 0.25) is 0 Å². The van der Waals surface area contributed by atoms with Gasteiger partial charge in [-0.25, -0.2) is 10.8 Å². The number of hydrogen-bond acceptors (Lipinski definition) is 4. The van der Waals surface area contributed by atoms with E-state index in [0.29, 0.717) is 16.5 Å². The lowest BCUT2D eigenvalue weighted by molar-refractivity contribution is 0.0954. The Hall–Kier alpha value is -2.21. The molecule has 18 heavy (non-hydrogen) atoms. The molecule has 1 aromatic heterocycles. The lowest BCUT2D eigenvalue weighted by atomic mass is 10.1. The summed E-state index contributed by atoms with van der Waals surface area (Å²) in [7, 11) is 0. The SMILES string of the molecule is NNC(=O)c1ccc2c(=O)n3c(nc2c1)CCC3. The fourth-order valence-corrected chi connectivity index (χ4v) is 2.31. The first-order valence-corrected chi connectivity index (χ1v) is 5.75. The van der Waals surface area contributed by atoms with Gasteiger partial charge >= 0.3 is 0 Å². The Balaban J connectivity index is 2.27. The summed E-state index contributed by atoms with van der Waals surface area (Å²) in [6.07, 6.45) is 1.74. The third-order valence-corrected chi connectivity index (χ3v) is 3.21. The predicted molar refractivity (Wildman–Crippen MR) is 66.0 cm³/mol. The van der Waals surface area contributed by atoms with Gasteiger partial charge in [-0.1, -0.05) is 0 Å². The average Bonchev–Trinajstić information content (AvgIpc) is 2.86. The molecule has 0 bridgehead atoms. The van der Waals surface area contributed by atoms with Gasteiger partial charge in [-0.2, -0.15) is 0 Å². The van der Waals surface area contributed by atoms with Crippen molar-refractivity contribution >= 4 is 16.8 Å². The van der Waals surface area contributed by atoms with E-state index >= 15 is 0 Å². The van der Waals surface area contributed by atoms with Crippen molar-refractivity contribution in [3.05, 3.63) is 39.9 Å². The number of nitrogens with zero attached hydrogens (tertiary/aromatic N) is 2. The number of rotatable bonds is 1. The highest BCUT2D eigenvalue weighted by atomic mass is 16.2. The minimum atomic E-state index is -0.390. The third kappa shape index (κ3) is 1.50. The zero-order valence-corrected chi connectivity index (χ0v) is 9.64. The van der Waals surface area contributed by atoms with Crippen LogP contribution >= 0.6 is 0 Å². The highest BCUT2D eigenvalue weighted by Crippen LogP contribution is 2.16. The van der Waals surface area contributed by atoms with Crippen LogP contribution in [0.2, 0.25) is 0 Å². The third-order valence-electron chi connectivity index (χ3n) is 3.21. The van der Waals surface area contributed by atoms with Crippen molar-refractivity contribution < 1.29 is 4.79 Å². The van der Waals surface area contributed by atoms with Gasteiger partial charge in [0.1, 0.15) is 5.82 Å². The van der Waals surface area contributed by atoms with E-state index in [9.17, 15) is 9.59 Å². The van der Waals surface area contributed by atoms with E-state index in [0.717, 1.165) is 25.2 Å². The van der Waals surface area contributed by atoms with Crippen LogP contribution in [0.5, 0.6) is 0 Å². The molecule has 0 atom stereocenters. The van der Waals surface area contributed by atoms with Crippen molar-refractivity contribution in [2.45, 2.75) is 19.4 Å². The van der Waals surface area contributed by atoms with Gasteiger partial charge in [0.25, 0.3) is 11.5 Å². The predicted octanol–water partition coefficient (Wildman–Crippen LogP) is -0.0538. The summed E-state index contributed by atoms with van der Waals surface area (Å²) in [4.78, 5) is 28.0. The van der Waals surface area contributed by atoms with E-state index in [1.807, 2.05) is 0 Å². The van der Waals surface area contributed by atoms with Crippen LogP contribution in [0.4, 0.5) is 0 Å². The molecule has 0 saturated carbocycles. The number of nitrogen functional groups attached to an aromatic ring is 1. The number of carbonyl (C=O) groups excluding carboxylic acids is 1. The number of carbonyl (C=O) groups is 1. The Morgan fingerprint density at radius 2 is 2.28 bits per heavy atom. The highest BCUT2D eigenvalue weighted by molar-refractivity contribution is 5.97. The number of aromatic nitrogens is 2. The quantitative estimate of drug-likeness (QED) is 0.418. The molecule has 1 aliphatic rings. The minimum absolute atomic E-state index is 0.0350. The number of hydrogen-bond donors (Lipinski definition) is 2. The van der Waals surface area contributed by atoms with Crippen LogP contribution in [0, 0.1) is 0 Å². The Kier molecular flexibility index (Phi) is 2.38. The first-order chi connectivity index (χ1) is 8.70. The first-order valence-electron chi connectivity index (χ1n) is 5.75. The van der Waals surface area contributed by atoms with Crippen LogP contribution in [0.25, 0.3) is 10.9 Å². The zero-order chi connectivity index (χ0) is 12.7. The number of benzene rings is 1. The van der Waals surface area contributed by atoms with E-state index in [1.165, 1.54) is 0 Å². The molecule has 3 rings (SSSR count). The lowest BCUT2D eigenvalue weighted by Crippen LogP contribution is -2.30. The molecule has 0 fully saturated rings. The van der Waals surface area contributed by atoms with Crippen molar-refractivity contribution in [1.29, 1.82) is 0 Å². The maximum Gasteiger partial charge on any atom is 0.265 e. The van der Waals surface area contributed by atoms with E-state index < -0.39 is 0 Å². The summed E-state index contributed by atoms with van der Waals surface area (Å²) in [6, 6.07) is 4.80. The Morgan fingerprint density at radius 1 is 1.44 bits per heavy atom. The van der Waals surface area contributed by atoms with Crippen LogP contribution in [-0.4, -0.2) is 15.5 Å². The van der Waals surface area contributed by atoms with E-state index in [2.05, 4.69) is 10.4 Å². The number of nitrogens with two attached hydrogens (primary N) is 1. The number of amides is 1. The van der Waals surface area contributed by atoms with Crippen molar-refractivity contribution in [3.63, 3.8) is 0 Å². The molecule has 0 spiro atoms. The topological polar surface area (TPSA) is 90.0 Å². The molecule has 6 nitrogen and oxygen atoms in total. The molecule has 0 aliphatic carbocycles. The smallest absolute Gasteiger partial charge is 0.265 e.